The normalized spacial score (nSPS) is 20.0. The van der Waals surface area contributed by atoms with Crippen molar-refractivity contribution in [3.8, 4) is 0 Å². The summed E-state index contributed by atoms with van der Waals surface area (Å²) < 4.78 is 6.88. The van der Waals surface area contributed by atoms with Crippen molar-refractivity contribution in [2.24, 2.45) is 5.92 Å². The van der Waals surface area contributed by atoms with E-state index in [4.69, 9.17) is 4.74 Å². The monoisotopic (exact) mass is 236 g/mol. The van der Waals surface area contributed by atoms with Crippen LogP contribution in [0.3, 0.4) is 0 Å². The van der Waals surface area contributed by atoms with Gasteiger partial charge in [-0.2, -0.15) is 0 Å². The number of hydrogen-bond acceptors (Lipinski definition) is 5. The van der Waals surface area contributed by atoms with Crippen LogP contribution in [-0.2, 0) is 4.74 Å². The molecule has 2 heterocycles. The number of esters is 1. The maximum absolute atomic E-state index is 11.6. The fourth-order valence-electron chi connectivity index (χ4n) is 1.81. The fraction of sp³-hybridized carbons (Fsp3) is 0.727. The Morgan fingerprint density at radius 2 is 2.35 bits per heavy atom. The fourth-order valence-corrected chi connectivity index (χ4v) is 1.81. The average molecular weight is 236 g/mol. The van der Waals surface area contributed by atoms with Crippen molar-refractivity contribution in [1.82, 2.24) is 20.3 Å². The first-order valence-electron chi connectivity index (χ1n) is 6.12. The number of aromatic nitrogens is 3. The van der Waals surface area contributed by atoms with Crippen molar-refractivity contribution in [3.05, 3.63) is 11.9 Å². The minimum atomic E-state index is -0.357. The highest BCUT2D eigenvalue weighted by Gasteiger charge is 2.23. The molecule has 1 N–H and O–H groups in total. The Morgan fingerprint density at radius 3 is 3.00 bits per heavy atom. The second-order valence-electron chi connectivity index (χ2n) is 4.76. The van der Waals surface area contributed by atoms with E-state index in [1.807, 2.05) is 0 Å². The topological polar surface area (TPSA) is 69.0 Å². The molecule has 3 rings (SSSR count). The molecule has 0 spiro atoms. The highest BCUT2D eigenvalue weighted by molar-refractivity contribution is 5.86. The highest BCUT2D eigenvalue weighted by atomic mass is 16.5. The highest BCUT2D eigenvalue weighted by Crippen LogP contribution is 2.32. The number of ether oxygens (including phenoxy) is 1. The molecular weight excluding hydrogens is 220 g/mol. The van der Waals surface area contributed by atoms with Crippen LogP contribution in [0.1, 0.15) is 35.8 Å². The molecule has 2 aliphatic rings. The molecule has 17 heavy (non-hydrogen) atoms. The molecule has 6 heteroatoms. The third kappa shape index (κ3) is 2.46. The van der Waals surface area contributed by atoms with E-state index in [-0.39, 0.29) is 5.97 Å². The van der Waals surface area contributed by atoms with Crippen molar-refractivity contribution in [2.45, 2.75) is 25.3 Å². The van der Waals surface area contributed by atoms with Gasteiger partial charge in [-0.25, -0.2) is 9.48 Å². The van der Waals surface area contributed by atoms with E-state index >= 15 is 0 Å². The zero-order chi connectivity index (χ0) is 11.7. The number of nitrogens with one attached hydrogen (secondary N) is 1. The second kappa shape index (κ2) is 4.44. The van der Waals surface area contributed by atoms with Crippen LogP contribution in [0.15, 0.2) is 6.20 Å². The third-order valence-corrected chi connectivity index (χ3v) is 3.31. The summed E-state index contributed by atoms with van der Waals surface area (Å²) >= 11 is 0. The van der Waals surface area contributed by atoms with Crippen LogP contribution in [-0.4, -0.2) is 40.7 Å². The summed E-state index contributed by atoms with van der Waals surface area (Å²) in [6, 6.07) is 0.329. The summed E-state index contributed by atoms with van der Waals surface area (Å²) in [7, 11) is 0. The van der Waals surface area contributed by atoms with Crippen LogP contribution in [0, 0.1) is 5.92 Å². The first kappa shape index (κ1) is 10.7. The van der Waals surface area contributed by atoms with Crippen LogP contribution in [0.25, 0.3) is 0 Å². The molecular formula is C11H16N4O2. The van der Waals surface area contributed by atoms with E-state index in [1.165, 1.54) is 12.8 Å². The Labute approximate surface area is 99.3 Å². The quantitative estimate of drug-likeness (QED) is 0.748. The van der Waals surface area contributed by atoms with E-state index in [0.717, 1.165) is 25.4 Å². The molecule has 0 atom stereocenters. The average Bonchev–Trinajstić information content (AvgIpc) is 2.94. The van der Waals surface area contributed by atoms with E-state index in [2.05, 4.69) is 15.6 Å². The van der Waals surface area contributed by atoms with E-state index in [0.29, 0.717) is 18.3 Å². The predicted molar refractivity (Wildman–Crippen MR) is 59.6 cm³/mol. The summed E-state index contributed by atoms with van der Waals surface area (Å²) in [5.41, 5.74) is 0.313. The van der Waals surface area contributed by atoms with Gasteiger partial charge < -0.3 is 10.1 Å². The van der Waals surface area contributed by atoms with Gasteiger partial charge >= 0.3 is 5.97 Å². The molecule has 2 fully saturated rings. The van der Waals surface area contributed by atoms with Gasteiger partial charge in [0.25, 0.3) is 0 Å². The summed E-state index contributed by atoms with van der Waals surface area (Å²) in [6.07, 6.45) is 5.21. The van der Waals surface area contributed by atoms with Gasteiger partial charge in [-0.05, 0) is 12.3 Å². The smallest absolute Gasteiger partial charge is 0.360 e. The van der Waals surface area contributed by atoms with E-state index in [1.54, 1.807) is 10.9 Å². The molecule has 1 saturated carbocycles. The van der Waals surface area contributed by atoms with Gasteiger partial charge in [0.1, 0.15) is 0 Å². The minimum Gasteiger partial charge on any atom is -0.461 e. The van der Waals surface area contributed by atoms with Crippen LogP contribution >= 0.6 is 0 Å². The summed E-state index contributed by atoms with van der Waals surface area (Å²) in [6.45, 7) is 2.28. The van der Waals surface area contributed by atoms with E-state index < -0.39 is 0 Å². The molecule has 1 aliphatic heterocycles. The zero-order valence-corrected chi connectivity index (χ0v) is 9.63. The Balaban J connectivity index is 1.51. The molecule has 0 bridgehead atoms. The van der Waals surface area contributed by atoms with Gasteiger partial charge in [0.2, 0.25) is 0 Å². The number of nitrogens with zero attached hydrogens (tertiary/aromatic N) is 3. The van der Waals surface area contributed by atoms with E-state index in [9.17, 15) is 4.79 Å². The van der Waals surface area contributed by atoms with Crippen LogP contribution in [0.4, 0.5) is 0 Å². The van der Waals surface area contributed by atoms with Crippen molar-refractivity contribution < 1.29 is 9.53 Å². The van der Waals surface area contributed by atoms with Gasteiger partial charge in [-0.15, -0.1) is 5.10 Å². The van der Waals surface area contributed by atoms with Crippen LogP contribution in [0.5, 0.6) is 0 Å². The molecule has 0 unspecified atom stereocenters. The first-order chi connectivity index (χ1) is 8.33. The maximum atomic E-state index is 11.6. The Kier molecular flexibility index (Phi) is 2.80. The molecule has 6 nitrogen and oxygen atoms in total. The number of rotatable bonds is 5. The largest absolute Gasteiger partial charge is 0.461 e. The summed E-state index contributed by atoms with van der Waals surface area (Å²) in [4.78, 5) is 11.6. The zero-order valence-electron chi connectivity index (χ0n) is 9.63. The number of carbonyl (C=O) groups excluding carboxylic acids is 1. The van der Waals surface area contributed by atoms with Gasteiger partial charge in [-0.3, -0.25) is 0 Å². The number of carbonyl (C=O) groups is 1. The predicted octanol–water partition coefficient (Wildman–Crippen LogP) is 0.379. The van der Waals surface area contributed by atoms with Gasteiger partial charge in [0.15, 0.2) is 5.69 Å². The molecule has 0 aromatic carbocycles. The van der Waals surface area contributed by atoms with Crippen molar-refractivity contribution in [3.63, 3.8) is 0 Å². The van der Waals surface area contributed by atoms with Crippen molar-refractivity contribution in [1.29, 1.82) is 0 Å². The van der Waals surface area contributed by atoms with Crippen molar-refractivity contribution >= 4 is 5.97 Å². The van der Waals surface area contributed by atoms with Crippen LogP contribution in [0.2, 0.25) is 0 Å². The molecule has 1 aromatic heterocycles. The Morgan fingerprint density at radius 1 is 1.53 bits per heavy atom. The minimum absolute atomic E-state index is 0.313. The lowest BCUT2D eigenvalue weighted by Crippen LogP contribution is -2.43. The van der Waals surface area contributed by atoms with Crippen molar-refractivity contribution in [2.75, 3.05) is 19.7 Å². The lowest BCUT2D eigenvalue weighted by Gasteiger charge is -2.26. The molecule has 0 radical (unpaired) electrons. The van der Waals surface area contributed by atoms with Gasteiger partial charge in [-0.1, -0.05) is 18.1 Å². The maximum Gasteiger partial charge on any atom is 0.360 e. The molecule has 1 aromatic rings. The number of hydrogen-bond donors (Lipinski definition) is 1. The summed E-state index contributed by atoms with van der Waals surface area (Å²) in [5.74, 6) is 0.420. The standard InChI is InChI=1S/C11H16N4O2/c16-11(17-4-3-8-1-2-8)10-7-15(14-13-10)9-5-12-6-9/h7-9,12H,1-6H2. The molecule has 92 valence electrons. The molecule has 1 aliphatic carbocycles. The Bertz CT molecular complexity index is 409. The Hall–Kier alpha value is -1.43. The SMILES string of the molecule is O=C(OCCC1CC1)c1cn(C2CNC2)nn1. The lowest BCUT2D eigenvalue weighted by molar-refractivity contribution is 0.0488. The molecule has 0 amide bonds. The molecule has 1 saturated heterocycles. The summed E-state index contributed by atoms with van der Waals surface area (Å²) in [5, 5.41) is 10.9. The van der Waals surface area contributed by atoms with Crippen LogP contribution < -0.4 is 5.32 Å². The lowest BCUT2D eigenvalue weighted by atomic mass is 10.2. The van der Waals surface area contributed by atoms with Gasteiger partial charge in [0, 0.05) is 13.1 Å². The first-order valence-corrected chi connectivity index (χ1v) is 6.12. The second-order valence-corrected chi connectivity index (χ2v) is 4.76. The third-order valence-electron chi connectivity index (χ3n) is 3.31. The van der Waals surface area contributed by atoms with Gasteiger partial charge in [0.05, 0.1) is 18.8 Å².